The number of benzene rings is 5. The summed E-state index contributed by atoms with van der Waals surface area (Å²) >= 11 is 0. The van der Waals surface area contributed by atoms with Crippen LogP contribution in [-0.2, 0) is 0 Å². The number of rotatable bonds is 1. The molecule has 0 N–H and O–H groups in total. The summed E-state index contributed by atoms with van der Waals surface area (Å²) in [6, 6.07) is 32.8. The topological polar surface area (TPSA) is 17.3 Å². The van der Waals surface area contributed by atoms with Crippen molar-refractivity contribution in [2.45, 2.75) is 13.8 Å². The molecular formula is C31H22N2. The fraction of sp³-hybridized carbons (Fsp3) is 0.0645. The number of aromatic nitrogens is 2. The van der Waals surface area contributed by atoms with Crippen molar-refractivity contribution in [1.29, 1.82) is 0 Å². The Labute approximate surface area is 191 Å². The molecule has 33 heavy (non-hydrogen) atoms. The van der Waals surface area contributed by atoms with Crippen LogP contribution in [0.1, 0.15) is 11.1 Å². The maximum atomic E-state index is 5.18. The Balaban J connectivity index is 1.69. The Bertz CT molecular complexity index is 1870. The summed E-state index contributed by atoms with van der Waals surface area (Å²) < 4.78 is 2.29. The highest BCUT2D eigenvalue weighted by Crippen LogP contribution is 2.38. The molecule has 0 bridgehead atoms. The first-order chi connectivity index (χ1) is 16.2. The highest BCUT2D eigenvalue weighted by molar-refractivity contribution is 6.25. The van der Waals surface area contributed by atoms with Crippen molar-refractivity contribution in [3.63, 3.8) is 0 Å². The Morgan fingerprint density at radius 3 is 2.06 bits per heavy atom. The van der Waals surface area contributed by atoms with Crippen LogP contribution in [0, 0.1) is 13.8 Å². The van der Waals surface area contributed by atoms with Crippen molar-refractivity contribution in [1.82, 2.24) is 9.38 Å². The van der Waals surface area contributed by atoms with Gasteiger partial charge in [0.2, 0.25) is 0 Å². The third kappa shape index (κ3) is 2.52. The van der Waals surface area contributed by atoms with Crippen molar-refractivity contribution in [3.8, 4) is 11.3 Å². The van der Waals surface area contributed by atoms with E-state index in [1.54, 1.807) is 0 Å². The van der Waals surface area contributed by atoms with Gasteiger partial charge in [-0.3, -0.25) is 4.40 Å². The Hall–Kier alpha value is -4.17. The van der Waals surface area contributed by atoms with E-state index in [1.807, 2.05) is 0 Å². The van der Waals surface area contributed by atoms with E-state index in [9.17, 15) is 0 Å². The molecule has 2 nitrogen and oxygen atoms in total. The summed E-state index contributed by atoms with van der Waals surface area (Å²) in [5.41, 5.74) is 6.97. The highest BCUT2D eigenvalue weighted by atomic mass is 15.0. The van der Waals surface area contributed by atoms with Crippen LogP contribution in [0.3, 0.4) is 0 Å². The Morgan fingerprint density at radius 2 is 1.24 bits per heavy atom. The third-order valence-corrected chi connectivity index (χ3v) is 7.04. The molecular weight excluding hydrogens is 400 g/mol. The maximum Gasteiger partial charge on any atom is 0.145 e. The van der Waals surface area contributed by atoms with Gasteiger partial charge in [-0.25, -0.2) is 4.98 Å². The number of fused-ring (bicyclic) bond motifs is 10. The summed E-state index contributed by atoms with van der Waals surface area (Å²) in [5, 5.41) is 8.86. The predicted octanol–water partition coefficient (Wildman–Crippen LogP) is 8.23. The second-order valence-electron chi connectivity index (χ2n) is 8.97. The molecule has 2 heterocycles. The van der Waals surface area contributed by atoms with Crippen LogP contribution in [0.4, 0.5) is 0 Å². The minimum Gasteiger partial charge on any atom is -0.298 e. The number of nitrogens with zero attached hydrogens (tertiary/aromatic N) is 2. The molecule has 0 amide bonds. The minimum absolute atomic E-state index is 1.01. The molecule has 0 aliphatic carbocycles. The van der Waals surface area contributed by atoms with Gasteiger partial charge in [0.1, 0.15) is 5.65 Å². The van der Waals surface area contributed by atoms with Crippen LogP contribution >= 0.6 is 0 Å². The summed E-state index contributed by atoms with van der Waals surface area (Å²) in [7, 11) is 0. The lowest BCUT2D eigenvalue weighted by Crippen LogP contribution is -1.91. The zero-order valence-corrected chi connectivity index (χ0v) is 18.6. The quantitative estimate of drug-likeness (QED) is 0.244. The van der Waals surface area contributed by atoms with Crippen molar-refractivity contribution in [3.05, 3.63) is 108 Å². The third-order valence-electron chi connectivity index (χ3n) is 7.04. The molecule has 0 aliphatic rings. The zero-order chi connectivity index (χ0) is 22.1. The average molecular weight is 423 g/mol. The lowest BCUT2D eigenvalue weighted by atomic mass is 9.96. The SMILES string of the molecule is Cc1cccc(C)c1-c1cn2c3ccc4c5ccccc5ccc4c3c3ccccc3c2n1. The van der Waals surface area contributed by atoms with Gasteiger partial charge in [-0.05, 0) is 58.0 Å². The summed E-state index contributed by atoms with van der Waals surface area (Å²) in [6.45, 7) is 4.34. The van der Waals surface area contributed by atoms with E-state index < -0.39 is 0 Å². The summed E-state index contributed by atoms with van der Waals surface area (Å²) in [6.07, 6.45) is 2.21. The second kappa shape index (κ2) is 6.66. The van der Waals surface area contributed by atoms with Gasteiger partial charge in [-0.2, -0.15) is 0 Å². The summed E-state index contributed by atoms with van der Waals surface area (Å²) in [4.78, 5) is 5.18. The van der Waals surface area contributed by atoms with Crippen LogP contribution in [0.5, 0.6) is 0 Å². The van der Waals surface area contributed by atoms with E-state index in [0.29, 0.717) is 0 Å². The standard InChI is InChI=1S/C31H22N2/c1-19-8-7-9-20(2)29(19)27-18-33-28-17-16-23-22-11-4-3-10-21(22)14-15-25(23)30(28)24-12-5-6-13-26(24)31(33)32-27/h3-18H,1-2H3. The lowest BCUT2D eigenvalue weighted by molar-refractivity contribution is 1.27. The van der Waals surface area contributed by atoms with Crippen LogP contribution in [0.15, 0.2) is 97.2 Å². The van der Waals surface area contributed by atoms with E-state index in [-0.39, 0.29) is 0 Å². The smallest absolute Gasteiger partial charge is 0.145 e. The van der Waals surface area contributed by atoms with Gasteiger partial charge < -0.3 is 0 Å². The molecule has 0 saturated heterocycles. The van der Waals surface area contributed by atoms with Gasteiger partial charge in [0.25, 0.3) is 0 Å². The van der Waals surface area contributed by atoms with Crippen LogP contribution in [0.25, 0.3) is 60.1 Å². The number of hydrogen-bond acceptors (Lipinski definition) is 1. The number of imidazole rings is 1. The fourth-order valence-electron chi connectivity index (χ4n) is 5.55. The van der Waals surface area contributed by atoms with Crippen LogP contribution in [0.2, 0.25) is 0 Å². The monoisotopic (exact) mass is 422 g/mol. The van der Waals surface area contributed by atoms with Crippen molar-refractivity contribution < 1.29 is 0 Å². The Kier molecular flexibility index (Phi) is 3.72. The molecule has 0 saturated carbocycles. The molecule has 0 unspecified atom stereocenters. The van der Waals surface area contributed by atoms with Gasteiger partial charge in [0.05, 0.1) is 11.2 Å². The largest absolute Gasteiger partial charge is 0.298 e. The van der Waals surface area contributed by atoms with Crippen molar-refractivity contribution in [2.24, 2.45) is 0 Å². The zero-order valence-electron chi connectivity index (χ0n) is 18.6. The number of hydrogen-bond donors (Lipinski definition) is 0. The van der Waals surface area contributed by atoms with Gasteiger partial charge in [-0.15, -0.1) is 0 Å². The normalized spacial score (nSPS) is 11.9. The molecule has 7 aromatic rings. The molecule has 0 atom stereocenters. The molecule has 0 spiro atoms. The van der Waals surface area contributed by atoms with Gasteiger partial charge in [-0.1, -0.05) is 84.9 Å². The fourth-order valence-corrected chi connectivity index (χ4v) is 5.55. The first kappa shape index (κ1) is 18.4. The average Bonchev–Trinajstić information content (AvgIpc) is 3.28. The Morgan fingerprint density at radius 1 is 0.576 bits per heavy atom. The summed E-state index contributed by atoms with van der Waals surface area (Å²) in [5.74, 6) is 0. The molecule has 2 heteroatoms. The van der Waals surface area contributed by atoms with E-state index in [2.05, 4.69) is 115 Å². The van der Waals surface area contributed by atoms with Crippen LogP contribution < -0.4 is 0 Å². The van der Waals surface area contributed by atoms with Crippen LogP contribution in [-0.4, -0.2) is 9.38 Å². The van der Waals surface area contributed by atoms with E-state index in [1.165, 1.54) is 59.9 Å². The van der Waals surface area contributed by atoms with Gasteiger partial charge >= 0.3 is 0 Å². The van der Waals surface area contributed by atoms with Crippen molar-refractivity contribution in [2.75, 3.05) is 0 Å². The maximum absolute atomic E-state index is 5.18. The van der Waals surface area contributed by atoms with E-state index >= 15 is 0 Å². The molecule has 2 aromatic heterocycles. The second-order valence-corrected chi connectivity index (χ2v) is 8.97. The molecule has 0 radical (unpaired) electrons. The minimum atomic E-state index is 1.01. The molecule has 0 aliphatic heterocycles. The molecule has 7 rings (SSSR count). The number of aryl methyl sites for hydroxylation is 2. The molecule has 5 aromatic carbocycles. The highest BCUT2D eigenvalue weighted by Gasteiger charge is 2.16. The first-order valence-electron chi connectivity index (χ1n) is 11.4. The first-order valence-corrected chi connectivity index (χ1v) is 11.4. The van der Waals surface area contributed by atoms with Gasteiger partial charge in [0.15, 0.2) is 0 Å². The van der Waals surface area contributed by atoms with E-state index in [4.69, 9.17) is 4.98 Å². The van der Waals surface area contributed by atoms with E-state index in [0.717, 1.165) is 11.3 Å². The molecule has 0 fully saturated rings. The number of pyridine rings is 1. The van der Waals surface area contributed by atoms with Gasteiger partial charge in [0, 0.05) is 22.5 Å². The van der Waals surface area contributed by atoms with Crippen molar-refractivity contribution >= 4 is 48.9 Å². The lowest BCUT2D eigenvalue weighted by Gasteiger charge is -2.12. The molecule has 156 valence electrons. The predicted molar refractivity (Wildman–Crippen MR) is 140 cm³/mol.